The van der Waals surface area contributed by atoms with Gasteiger partial charge in [0.2, 0.25) is 0 Å². The third kappa shape index (κ3) is 3.19. The van der Waals surface area contributed by atoms with Crippen LogP contribution in [0.2, 0.25) is 0 Å². The Morgan fingerprint density at radius 3 is 2.76 bits per heavy atom. The Labute approximate surface area is 130 Å². The summed E-state index contributed by atoms with van der Waals surface area (Å²) in [6.07, 6.45) is -1.17. The lowest BCUT2D eigenvalue weighted by atomic mass is 10.0. The van der Waals surface area contributed by atoms with Gasteiger partial charge in [-0.25, -0.2) is 4.39 Å². The van der Waals surface area contributed by atoms with Gasteiger partial charge in [-0.3, -0.25) is 0 Å². The lowest BCUT2D eigenvalue weighted by Gasteiger charge is -2.29. The van der Waals surface area contributed by atoms with E-state index < -0.39 is 12.2 Å². The fourth-order valence-corrected chi connectivity index (χ4v) is 2.60. The standard InChI is InChI=1S/C16H14BrFO3/c17-11-6-5-10(12(18)8-11)7-13(19)16-9-20-14-3-1-2-4-15(14)21-16/h1-6,8,13,16,19H,7,9H2. The maximum absolute atomic E-state index is 13.8. The molecule has 2 aromatic carbocycles. The number of fused-ring (bicyclic) bond motifs is 1. The number of rotatable bonds is 3. The van der Waals surface area contributed by atoms with Crippen LogP contribution in [0.1, 0.15) is 5.56 Å². The van der Waals surface area contributed by atoms with Gasteiger partial charge in [0.15, 0.2) is 17.6 Å². The molecule has 1 aliphatic rings. The van der Waals surface area contributed by atoms with Crippen LogP contribution in [0.4, 0.5) is 4.39 Å². The monoisotopic (exact) mass is 352 g/mol. The van der Waals surface area contributed by atoms with Crippen LogP contribution in [0.5, 0.6) is 11.5 Å². The average Bonchev–Trinajstić information content (AvgIpc) is 2.49. The molecular formula is C16H14BrFO3. The number of ether oxygens (including phenoxy) is 2. The summed E-state index contributed by atoms with van der Waals surface area (Å²) in [6.45, 7) is 0.246. The van der Waals surface area contributed by atoms with Crippen molar-refractivity contribution in [2.45, 2.75) is 18.6 Å². The lowest BCUT2D eigenvalue weighted by Crippen LogP contribution is -2.40. The zero-order valence-electron chi connectivity index (χ0n) is 11.1. The van der Waals surface area contributed by atoms with Gasteiger partial charge in [0, 0.05) is 10.9 Å². The van der Waals surface area contributed by atoms with Gasteiger partial charge >= 0.3 is 0 Å². The van der Waals surface area contributed by atoms with E-state index in [-0.39, 0.29) is 18.8 Å². The fraction of sp³-hybridized carbons (Fsp3) is 0.250. The number of hydrogen-bond acceptors (Lipinski definition) is 3. The van der Waals surface area contributed by atoms with Crippen molar-refractivity contribution in [1.29, 1.82) is 0 Å². The zero-order valence-corrected chi connectivity index (χ0v) is 12.7. The molecule has 2 unspecified atom stereocenters. The molecule has 2 aromatic rings. The van der Waals surface area contributed by atoms with E-state index in [0.717, 1.165) is 0 Å². The van der Waals surface area contributed by atoms with Crippen LogP contribution >= 0.6 is 15.9 Å². The highest BCUT2D eigenvalue weighted by Gasteiger charge is 2.28. The molecule has 3 rings (SSSR count). The highest BCUT2D eigenvalue weighted by atomic mass is 79.9. The van der Waals surface area contributed by atoms with Crippen molar-refractivity contribution in [3.8, 4) is 11.5 Å². The summed E-state index contributed by atoms with van der Waals surface area (Å²) < 4.78 is 25.8. The molecule has 110 valence electrons. The molecule has 0 bridgehead atoms. The molecule has 1 heterocycles. The normalized spacial score (nSPS) is 18.3. The third-order valence-electron chi connectivity index (χ3n) is 3.40. The minimum absolute atomic E-state index is 0.176. The second-order valence-corrected chi connectivity index (χ2v) is 5.84. The predicted octanol–water partition coefficient (Wildman–Crippen LogP) is 3.33. The Balaban J connectivity index is 1.70. The maximum atomic E-state index is 13.8. The number of aliphatic hydroxyl groups excluding tert-OH is 1. The van der Waals surface area contributed by atoms with Crippen LogP contribution < -0.4 is 9.47 Å². The molecule has 0 saturated heterocycles. The number of aliphatic hydroxyl groups is 1. The maximum Gasteiger partial charge on any atom is 0.161 e. The fourth-order valence-electron chi connectivity index (χ4n) is 2.27. The van der Waals surface area contributed by atoms with Gasteiger partial charge < -0.3 is 14.6 Å². The van der Waals surface area contributed by atoms with Gasteiger partial charge in [0.25, 0.3) is 0 Å². The second kappa shape index (κ2) is 6.03. The third-order valence-corrected chi connectivity index (χ3v) is 3.90. The van der Waals surface area contributed by atoms with E-state index in [2.05, 4.69) is 15.9 Å². The molecule has 0 amide bonds. The lowest BCUT2D eigenvalue weighted by molar-refractivity contribution is -0.00973. The first kappa shape index (κ1) is 14.4. The highest BCUT2D eigenvalue weighted by Crippen LogP contribution is 2.32. The first-order chi connectivity index (χ1) is 10.1. The van der Waals surface area contributed by atoms with Gasteiger partial charge in [0.05, 0.1) is 6.10 Å². The number of halogens is 2. The molecule has 0 aromatic heterocycles. The Morgan fingerprint density at radius 1 is 1.24 bits per heavy atom. The Morgan fingerprint density at radius 2 is 2.00 bits per heavy atom. The SMILES string of the molecule is OC(Cc1ccc(Br)cc1F)C1COc2ccccc2O1. The molecule has 3 nitrogen and oxygen atoms in total. The summed E-state index contributed by atoms with van der Waals surface area (Å²) in [6, 6.07) is 12.1. The average molecular weight is 353 g/mol. The van der Waals surface area contributed by atoms with Crippen molar-refractivity contribution in [3.63, 3.8) is 0 Å². The van der Waals surface area contributed by atoms with Crippen molar-refractivity contribution in [2.75, 3.05) is 6.61 Å². The first-order valence-corrected chi connectivity index (χ1v) is 7.43. The minimum Gasteiger partial charge on any atom is -0.486 e. The van der Waals surface area contributed by atoms with Crippen molar-refractivity contribution >= 4 is 15.9 Å². The number of para-hydroxylation sites is 2. The highest BCUT2D eigenvalue weighted by molar-refractivity contribution is 9.10. The summed E-state index contributed by atoms with van der Waals surface area (Å²) >= 11 is 3.21. The van der Waals surface area contributed by atoms with Gasteiger partial charge in [-0.15, -0.1) is 0 Å². The molecule has 1 aliphatic heterocycles. The zero-order chi connectivity index (χ0) is 14.8. The molecule has 2 atom stereocenters. The van der Waals surface area contributed by atoms with E-state index >= 15 is 0 Å². The summed E-state index contributed by atoms with van der Waals surface area (Å²) in [5.74, 6) is 0.917. The predicted molar refractivity (Wildman–Crippen MR) is 80.2 cm³/mol. The van der Waals surface area contributed by atoms with Crippen LogP contribution in [0, 0.1) is 5.82 Å². The van der Waals surface area contributed by atoms with Crippen molar-refractivity contribution in [2.24, 2.45) is 0 Å². The molecule has 0 radical (unpaired) electrons. The van der Waals surface area contributed by atoms with Crippen LogP contribution in [0.25, 0.3) is 0 Å². The van der Waals surface area contributed by atoms with Crippen molar-refractivity contribution < 1.29 is 19.0 Å². The molecule has 0 saturated carbocycles. The Hall–Kier alpha value is -1.59. The molecule has 0 fully saturated rings. The van der Waals surface area contributed by atoms with E-state index in [1.165, 1.54) is 6.07 Å². The topological polar surface area (TPSA) is 38.7 Å². The van der Waals surface area contributed by atoms with Crippen LogP contribution in [-0.2, 0) is 6.42 Å². The summed E-state index contributed by atoms with van der Waals surface area (Å²) in [5.41, 5.74) is 0.452. The first-order valence-electron chi connectivity index (χ1n) is 6.64. The minimum atomic E-state index is -0.839. The molecule has 0 spiro atoms. The van der Waals surface area contributed by atoms with E-state index in [0.29, 0.717) is 21.5 Å². The molecule has 5 heteroatoms. The quantitative estimate of drug-likeness (QED) is 0.920. The summed E-state index contributed by atoms with van der Waals surface area (Å²) in [4.78, 5) is 0. The van der Waals surface area contributed by atoms with E-state index in [1.807, 2.05) is 18.2 Å². The second-order valence-electron chi connectivity index (χ2n) is 4.92. The summed E-state index contributed by atoms with van der Waals surface area (Å²) in [7, 11) is 0. The van der Waals surface area contributed by atoms with Gasteiger partial charge in [-0.2, -0.15) is 0 Å². The van der Waals surface area contributed by atoms with Crippen LogP contribution in [-0.4, -0.2) is 23.9 Å². The molecule has 0 aliphatic carbocycles. The van der Waals surface area contributed by atoms with E-state index in [9.17, 15) is 9.50 Å². The summed E-state index contributed by atoms with van der Waals surface area (Å²) in [5, 5.41) is 10.3. The molecular weight excluding hydrogens is 339 g/mol. The van der Waals surface area contributed by atoms with Crippen LogP contribution in [0.15, 0.2) is 46.9 Å². The smallest absolute Gasteiger partial charge is 0.161 e. The van der Waals surface area contributed by atoms with Crippen molar-refractivity contribution in [1.82, 2.24) is 0 Å². The van der Waals surface area contributed by atoms with Gasteiger partial charge in [-0.1, -0.05) is 34.1 Å². The largest absolute Gasteiger partial charge is 0.486 e. The van der Waals surface area contributed by atoms with Crippen LogP contribution in [0.3, 0.4) is 0 Å². The van der Waals surface area contributed by atoms with Crippen molar-refractivity contribution in [3.05, 3.63) is 58.3 Å². The van der Waals surface area contributed by atoms with Gasteiger partial charge in [0.1, 0.15) is 12.4 Å². The molecule has 21 heavy (non-hydrogen) atoms. The van der Waals surface area contributed by atoms with Gasteiger partial charge in [-0.05, 0) is 29.8 Å². The number of benzene rings is 2. The molecule has 1 N–H and O–H groups in total. The van der Waals surface area contributed by atoms with E-state index in [1.54, 1.807) is 18.2 Å². The Kier molecular flexibility index (Phi) is 4.12. The van der Waals surface area contributed by atoms with E-state index in [4.69, 9.17) is 9.47 Å². The number of hydrogen-bond donors (Lipinski definition) is 1. The Bertz CT molecular complexity index is 647.